The molecule has 0 radical (unpaired) electrons. The summed E-state index contributed by atoms with van der Waals surface area (Å²) in [6.45, 7) is 1.89. The van der Waals surface area contributed by atoms with E-state index in [1.807, 2.05) is 25.1 Å². The van der Waals surface area contributed by atoms with Crippen molar-refractivity contribution < 1.29 is 4.79 Å². The van der Waals surface area contributed by atoms with Gasteiger partial charge in [-0.25, -0.2) is 0 Å². The number of pyridine rings is 1. The SMILES string of the molecule is CC(NC(=O)c1ccccc1N)c1ccccn1. The highest BCUT2D eigenvalue weighted by Gasteiger charge is 2.13. The first-order valence-electron chi connectivity index (χ1n) is 5.75. The second kappa shape index (κ2) is 5.31. The second-order valence-electron chi connectivity index (χ2n) is 4.04. The van der Waals surface area contributed by atoms with Gasteiger partial charge in [-0.05, 0) is 31.2 Å². The summed E-state index contributed by atoms with van der Waals surface area (Å²) >= 11 is 0. The number of para-hydroxylation sites is 1. The molecule has 4 nitrogen and oxygen atoms in total. The fraction of sp³-hybridized carbons (Fsp3) is 0.143. The van der Waals surface area contributed by atoms with Crippen LogP contribution in [0.2, 0.25) is 0 Å². The number of nitrogen functional groups attached to an aromatic ring is 1. The fourth-order valence-corrected chi connectivity index (χ4v) is 1.68. The highest BCUT2D eigenvalue weighted by molar-refractivity contribution is 5.99. The van der Waals surface area contributed by atoms with Gasteiger partial charge in [0.25, 0.3) is 5.91 Å². The largest absolute Gasteiger partial charge is 0.398 e. The van der Waals surface area contributed by atoms with Crippen LogP contribution in [-0.4, -0.2) is 10.9 Å². The summed E-state index contributed by atoms with van der Waals surface area (Å²) in [7, 11) is 0. The van der Waals surface area contributed by atoms with Gasteiger partial charge in [0, 0.05) is 11.9 Å². The first-order chi connectivity index (χ1) is 8.68. The number of benzene rings is 1. The third-order valence-corrected chi connectivity index (χ3v) is 2.68. The summed E-state index contributed by atoms with van der Waals surface area (Å²) in [4.78, 5) is 16.2. The van der Waals surface area contributed by atoms with Crippen LogP contribution in [-0.2, 0) is 0 Å². The Balaban J connectivity index is 2.11. The minimum absolute atomic E-state index is 0.154. The topological polar surface area (TPSA) is 68.0 Å². The molecular weight excluding hydrogens is 226 g/mol. The number of nitrogens with two attached hydrogens (primary N) is 1. The molecule has 1 amide bonds. The number of carbonyl (C=O) groups excluding carboxylic acids is 1. The van der Waals surface area contributed by atoms with Crippen molar-refractivity contribution in [2.75, 3.05) is 5.73 Å². The quantitative estimate of drug-likeness (QED) is 0.809. The van der Waals surface area contributed by atoms with E-state index in [1.54, 1.807) is 30.5 Å². The highest BCUT2D eigenvalue weighted by Crippen LogP contribution is 2.13. The van der Waals surface area contributed by atoms with E-state index in [0.29, 0.717) is 11.3 Å². The molecule has 18 heavy (non-hydrogen) atoms. The molecule has 1 aromatic heterocycles. The van der Waals surface area contributed by atoms with Crippen LogP contribution in [0.15, 0.2) is 48.7 Å². The van der Waals surface area contributed by atoms with Gasteiger partial charge >= 0.3 is 0 Å². The first kappa shape index (κ1) is 12.1. The lowest BCUT2D eigenvalue weighted by atomic mass is 10.1. The Labute approximate surface area is 106 Å². The zero-order chi connectivity index (χ0) is 13.0. The average molecular weight is 241 g/mol. The fourth-order valence-electron chi connectivity index (χ4n) is 1.68. The maximum absolute atomic E-state index is 12.0. The van der Waals surface area contributed by atoms with Crippen molar-refractivity contribution in [3.05, 3.63) is 59.9 Å². The molecule has 92 valence electrons. The lowest BCUT2D eigenvalue weighted by Gasteiger charge is -2.14. The van der Waals surface area contributed by atoms with E-state index in [2.05, 4.69) is 10.3 Å². The van der Waals surface area contributed by atoms with Crippen LogP contribution in [0.1, 0.15) is 29.0 Å². The molecule has 1 atom stereocenters. The van der Waals surface area contributed by atoms with E-state index in [4.69, 9.17) is 5.73 Å². The number of rotatable bonds is 3. The standard InChI is InChI=1S/C14H15N3O/c1-10(13-8-4-5-9-16-13)17-14(18)11-6-2-3-7-12(11)15/h2-10H,15H2,1H3,(H,17,18). The maximum Gasteiger partial charge on any atom is 0.253 e. The van der Waals surface area contributed by atoms with Gasteiger partial charge in [0.15, 0.2) is 0 Å². The summed E-state index contributed by atoms with van der Waals surface area (Å²) < 4.78 is 0. The molecule has 0 fully saturated rings. The molecule has 1 unspecified atom stereocenters. The van der Waals surface area contributed by atoms with E-state index in [9.17, 15) is 4.79 Å². The number of hydrogen-bond donors (Lipinski definition) is 2. The van der Waals surface area contributed by atoms with E-state index in [1.165, 1.54) is 0 Å². The van der Waals surface area contributed by atoms with Gasteiger partial charge in [0.1, 0.15) is 0 Å². The number of anilines is 1. The van der Waals surface area contributed by atoms with E-state index in [0.717, 1.165) is 5.69 Å². The monoisotopic (exact) mass is 241 g/mol. The van der Waals surface area contributed by atoms with Crippen LogP contribution in [0.5, 0.6) is 0 Å². The van der Waals surface area contributed by atoms with Gasteiger partial charge in [-0.3, -0.25) is 9.78 Å². The number of hydrogen-bond acceptors (Lipinski definition) is 3. The summed E-state index contributed by atoms with van der Waals surface area (Å²) in [5.41, 5.74) is 7.54. The Morgan fingerprint density at radius 1 is 1.22 bits per heavy atom. The third-order valence-electron chi connectivity index (χ3n) is 2.68. The predicted molar refractivity (Wildman–Crippen MR) is 71.0 cm³/mol. The van der Waals surface area contributed by atoms with E-state index < -0.39 is 0 Å². The van der Waals surface area contributed by atoms with Crippen LogP contribution in [0.25, 0.3) is 0 Å². The van der Waals surface area contributed by atoms with E-state index in [-0.39, 0.29) is 11.9 Å². The van der Waals surface area contributed by atoms with Gasteiger partial charge in [-0.15, -0.1) is 0 Å². The van der Waals surface area contributed by atoms with Crippen LogP contribution in [0.3, 0.4) is 0 Å². The molecule has 0 aliphatic heterocycles. The van der Waals surface area contributed by atoms with Gasteiger partial charge in [0.2, 0.25) is 0 Å². The molecule has 0 saturated carbocycles. The molecule has 0 bridgehead atoms. The van der Waals surface area contributed by atoms with Gasteiger partial charge in [-0.1, -0.05) is 18.2 Å². The number of amides is 1. The van der Waals surface area contributed by atoms with Crippen LogP contribution < -0.4 is 11.1 Å². The summed E-state index contributed by atoms with van der Waals surface area (Å²) in [6.07, 6.45) is 1.70. The number of aromatic nitrogens is 1. The normalized spacial score (nSPS) is 11.8. The number of nitrogens with zero attached hydrogens (tertiary/aromatic N) is 1. The smallest absolute Gasteiger partial charge is 0.253 e. The molecule has 1 aromatic carbocycles. The molecule has 0 aliphatic rings. The molecule has 0 spiro atoms. The molecule has 4 heteroatoms. The summed E-state index contributed by atoms with van der Waals surface area (Å²) in [6, 6.07) is 12.5. The lowest BCUT2D eigenvalue weighted by molar-refractivity contribution is 0.0940. The molecule has 2 aromatic rings. The molecule has 0 aliphatic carbocycles. The molecular formula is C14H15N3O. The van der Waals surface area contributed by atoms with Crippen molar-refractivity contribution in [3.8, 4) is 0 Å². The minimum Gasteiger partial charge on any atom is -0.398 e. The molecule has 0 saturated heterocycles. The van der Waals surface area contributed by atoms with Gasteiger partial charge in [-0.2, -0.15) is 0 Å². The van der Waals surface area contributed by atoms with Gasteiger partial charge < -0.3 is 11.1 Å². The van der Waals surface area contributed by atoms with Crippen molar-refractivity contribution >= 4 is 11.6 Å². The lowest BCUT2D eigenvalue weighted by Crippen LogP contribution is -2.27. The van der Waals surface area contributed by atoms with Crippen LogP contribution in [0, 0.1) is 0 Å². The van der Waals surface area contributed by atoms with E-state index >= 15 is 0 Å². The summed E-state index contributed by atoms with van der Waals surface area (Å²) in [5.74, 6) is -0.189. The summed E-state index contributed by atoms with van der Waals surface area (Å²) in [5, 5.41) is 2.87. The Morgan fingerprint density at radius 2 is 1.94 bits per heavy atom. The minimum atomic E-state index is -0.189. The highest BCUT2D eigenvalue weighted by atomic mass is 16.1. The van der Waals surface area contributed by atoms with Crippen LogP contribution >= 0.6 is 0 Å². The maximum atomic E-state index is 12.0. The van der Waals surface area contributed by atoms with Crippen molar-refractivity contribution in [2.45, 2.75) is 13.0 Å². The van der Waals surface area contributed by atoms with Crippen molar-refractivity contribution in [3.63, 3.8) is 0 Å². The Morgan fingerprint density at radius 3 is 2.61 bits per heavy atom. The zero-order valence-electron chi connectivity index (χ0n) is 10.1. The Hall–Kier alpha value is -2.36. The average Bonchev–Trinajstić information content (AvgIpc) is 2.40. The molecule has 2 rings (SSSR count). The number of carbonyl (C=O) groups is 1. The molecule has 3 N–H and O–H groups in total. The first-order valence-corrected chi connectivity index (χ1v) is 5.75. The third kappa shape index (κ3) is 2.66. The number of nitrogens with one attached hydrogen (secondary N) is 1. The van der Waals surface area contributed by atoms with Crippen molar-refractivity contribution in [2.24, 2.45) is 0 Å². The Kier molecular flexibility index (Phi) is 3.57. The van der Waals surface area contributed by atoms with Crippen LogP contribution in [0.4, 0.5) is 5.69 Å². The predicted octanol–water partition coefficient (Wildman–Crippen LogP) is 2.15. The van der Waals surface area contributed by atoms with Crippen molar-refractivity contribution in [1.29, 1.82) is 0 Å². The van der Waals surface area contributed by atoms with Crippen molar-refractivity contribution in [1.82, 2.24) is 10.3 Å². The molecule has 1 heterocycles. The van der Waals surface area contributed by atoms with Gasteiger partial charge in [0.05, 0.1) is 17.3 Å². The second-order valence-corrected chi connectivity index (χ2v) is 4.04. The Bertz CT molecular complexity index is 540. The zero-order valence-corrected chi connectivity index (χ0v) is 10.1.